The minimum atomic E-state index is 0.219. The summed E-state index contributed by atoms with van der Waals surface area (Å²) >= 11 is 0. The van der Waals surface area contributed by atoms with E-state index in [1.165, 1.54) is 24.8 Å². The van der Waals surface area contributed by atoms with E-state index in [1.807, 2.05) is 6.92 Å². The van der Waals surface area contributed by atoms with E-state index in [9.17, 15) is 4.79 Å². The number of carbonyl (C=O) groups excluding carboxylic acids is 1. The number of hydrogen-bond donors (Lipinski definition) is 1. The van der Waals surface area contributed by atoms with Crippen LogP contribution in [0, 0.1) is 11.8 Å². The second kappa shape index (κ2) is 15.3. The Morgan fingerprint density at radius 1 is 1.00 bits per heavy atom. The molecule has 132 valence electrons. The molecule has 0 radical (unpaired) electrons. The fourth-order valence-corrected chi connectivity index (χ4v) is 2.09. The van der Waals surface area contributed by atoms with Gasteiger partial charge in [0.1, 0.15) is 5.78 Å². The zero-order valence-electron chi connectivity index (χ0n) is 16.1. The van der Waals surface area contributed by atoms with Crippen LogP contribution in [0.3, 0.4) is 0 Å². The van der Waals surface area contributed by atoms with Gasteiger partial charge >= 0.3 is 0 Å². The second-order valence-corrected chi connectivity index (χ2v) is 7.18. The van der Waals surface area contributed by atoms with E-state index in [1.54, 1.807) is 0 Å². The number of hydrogen-bond acceptors (Lipinski definition) is 2. The highest BCUT2D eigenvalue weighted by molar-refractivity contribution is 5.77. The summed E-state index contributed by atoms with van der Waals surface area (Å²) in [7, 11) is 0. The van der Waals surface area contributed by atoms with E-state index in [2.05, 4.69) is 41.2 Å². The summed E-state index contributed by atoms with van der Waals surface area (Å²) in [5.74, 6) is 1.74. The third kappa shape index (κ3) is 17.4. The predicted octanol–water partition coefficient (Wildman–Crippen LogP) is 5.90. The summed E-state index contributed by atoms with van der Waals surface area (Å²) in [6.07, 6.45) is 8.53. The van der Waals surface area contributed by atoms with Crippen LogP contribution in [0.2, 0.25) is 0 Å². The molecule has 0 aliphatic heterocycles. The molecule has 1 unspecified atom stereocenters. The Morgan fingerprint density at radius 2 is 1.59 bits per heavy atom. The van der Waals surface area contributed by atoms with Crippen molar-refractivity contribution in [2.45, 2.75) is 99.0 Å². The quantitative estimate of drug-likeness (QED) is 0.381. The smallest absolute Gasteiger partial charge is 0.132 e. The maximum atomic E-state index is 10.7. The monoisotopic (exact) mass is 311 g/mol. The van der Waals surface area contributed by atoms with Crippen LogP contribution in [-0.2, 0) is 4.79 Å². The topological polar surface area (TPSA) is 43.1 Å². The molecule has 2 heteroatoms. The van der Waals surface area contributed by atoms with Gasteiger partial charge < -0.3 is 5.73 Å². The van der Waals surface area contributed by atoms with Crippen molar-refractivity contribution in [2.75, 3.05) is 0 Å². The van der Waals surface area contributed by atoms with Crippen molar-refractivity contribution in [3.8, 4) is 0 Å². The lowest BCUT2D eigenvalue weighted by Crippen LogP contribution is -2.24. The van der Waals surface area contributed by atoms with Crippen molar-refractivity contribution >= 4 is 5.78 Å². The molecule has 0 aliphatic carbocycles. The van der Waals surface area contributed by atoms with Gasteiger partial charge in [0.25, 0.3) is 0 Å². The van der Waals surface area contributed by atoms with Gasteiger partial charge in [0.15, 0.2) is 0 Å². The number of Topliss-reactive ketones (excluding diaryl/α,β-unsaturated/α-hetero) is 1. The standard InChI is InChI=1S/C12H25N.C8H16O/c1-5-6-7-8-11(4)12(13)9-10(2)3;1-4-8(9)6-5-7(2)3/h10,12H,4-9,13H2,1-3H3;7H,4-6H2,1-3H3. The third-order valence-corrected chi connectivity index (χ3v) is 3.75. The largest absolute Gasteiger partial charge is 0.324 e. The average molecular weight is 312 g/mol. The Hall–Kier alpha value is -0.630. The van der Waals surface area contributed by atoms with Gasteiger partial charge in [0, 0.05) is 18.9 Å². The molecular weight excluding hydrogens is 270 g/mol. The summed E-state index contributed by atoms with van der Waals surface area (Å²) < 4.78 is 0. The molecular formula is C20H41NO. The Bertz CT molecular complexity index is 281. The summed E-state index contributed by atoms with van der Waals surface area (Å²) in [5.41, 5.74) is 7.24. The molecule has 0 fully saturated rings. The maximum absolute atomic E-state index is 10.7. The molecule has 0 aromatic heterocycles. The van der Waals surface area contributed by atoms with Crippen LogP contribution < -0.4 is 5.73 Å². The molecule has 0 spiro atoms. The molecule has 0 aromatic rings. The molecule has 22 heavy (non-hydrogen) atoms. The molecule has 2 N–H and O–H groups in total. The first-order valence-corrected chi connectivity index (χ1v) is 9.19. The molecule has 0 heterocycles. The van der Waals surface area contributed by atoms with Crippen LogP contribution in [0.25, 0.3) is 0 Å². The molecule has 2 nitrogen and oxygen atoms in total. The minimum absolute atomic E-state index is 0.219. The van der Waals surface area contributed by atoms with E-state index in [0.29, 0.717) is 24.0 Å². The Labute approximate surface area is 139 Å². The fraction of sp³-hybridized carbons (Fsp3) is 0.850. The van der Waals surface area contributed by atoms with Gasteiger partial charge in [-0.15, -0.1) is 0 Å². The molecule has 1 atom stereocenters. The predicted molar refractivity (Wildman–Crippen MR) is 100 cm³/mol. The molecule has 0 aromatic carbocycles. The van der Waals surface area contributed by atoms with E-state index < -0.39 is 0 Å². The lowest BCUT2D eigenvalue weighted by Gasteiger charge is -2.16. The van der Waals surface area contributed by atoms with Crippen molar-refractivity contribution in [1.29, 1.82) is 0 Å². The van der Waals surface area contributed by atoms with Crippen molar-refractivity contribution in [3.05, 3.63) is 12.2 Å². The molecule has 0 aliphatic rings. The summed E-state index contributed by atoms with van der Waals surface area (Å²) in [4.78, 5) is 10.7. The van der Waals surface area contributed by atoms with Gasteiger partial charge in [-0.3, -0.25) is 4.79 Å². The molecule has 0 bridgehead atoms. The van der Waals surface area contributed by atoms with Gasteiger partial charge in [-0.25, -0.2) is 0 Å². The highest BCUT2D eigenvalue weighted by Gasteiger charge is 2.08. The number of carbonyl (C=O) groups is 1. The van der Waals surface area contributed by atoms with Gasteiger partial charge in [-0.05, 0) is 37.5 Å². The van der Waals surface area contributed by atoms with Crippen LogP contribution in [-0.4, -0.2) is 11.8 Å². The van der Waals surface area contributed by atoms with Gasteiger partial charge in [0.05, 0.1) is 0 Å². The first-order chi connectivity index (χ1) is 10.2. The van der Waals surface area contributed by atoms with Gasteiger partial charge in [-0.2, -0.15) is 0 Å². The average Bonchev–Trinajstić information content (AvgIpc) is 2.44. The first kappa shape index (κ1) is 23.6. The molecule has 0 rings (SSSR count). The lowest BCUT2D eigenvalue weighted by molar-refractivity contribution is -0.119. The normalized spacial score (nSPS) is 12.0. The fourth-order valence-electron chi connectivity index (χ4n) is 2.09. The lowest BCUT2D eigenvalue weighted by atomic mass is 9.95. The van der Waals surface area contributed by atoms with Gasteiger partial charge in [-0.1, -0.05) is 66.5 Å². The van der Waals surface area contributed by atoms with Gasteiger partial charge in [0.2, 0.25) is 0 Å². The Kier molecular flexibility index (Phi) is 16.4. The summed E-state index contributed by atoms with van der Waals surface area (Å²) in [6.45, 7) is 16.9. The number of rotatable bonds is 11. The van der Waals surface area contributed by atoms with Crippen LogP contribution in [0.4, 0.5) is 0 Å². The number of unbranched alkanes of at least 4 members (excludes halogenated alkanes) is 2. The van der Waals surface area contributed by atoms with E-state index in [-0.39, 0.29) is 6.04 Å². The van der Waals surface area contributed by atoms with E-state index >= 15 is 0 Å². The third-order valence-electron chi connectivity index (χ3n) is 3.75. The number of nitrogens with two attached hydrogens (primary N) is 1. The van der Waals surface area contributed by atoms with Crippen LogP contribution in [0.15, 0.2) is 12.2 Å². The minimum Gasteiger partial charge on any atom is -0.324 e. The summed E-state index contributed by atoms with van der Waals surface area (Å²) in [6, 6.07) is 0.219. The second-order valence-electron chi connectivity index (χ2n) is 7.18. The molecule has 0 saturated heterocycles. The zero-order valence-corrected chi connectivity index (χ0v) is 16.1. The van der Waals surface area contributed by atoms with Crippen LogP contribution >= 0.6 is 0 Å². The van der Waals surface area contributed by atoms with Crippen LogP contribution in [0.5, 0.6) is 0 Å². The van der Waals surface area contributed by atoms with Crippen molar-refractivity contribution < 1.29 is 4.79 Å². The Balaban J connectivity index is 0. The number of ketones is 1. The summed E-state index contributed by atoms with van der Waals surface area (Å²) in [5, 5.41) is 0. The highest BCUT2D eigenvalue weighted by atomic mass is 16.1. The Morgan fingerprint density at radius 3 is 2.00 bits per heavy atom. The van der Waals surface area contributed by atoms with Crippen LogP contribution in [0.1, 0.15) is 92.9 Å². The van der Waals surface area contributed by atoms with E-state index in [4.69, 9.17) is 5.73 Å². The van der Waals surface area contributed by atoms with Crippen molar-refractivity contribution in [1.82, 2.24) is 0 Å². The van der Waals surface area contributed by atoms with Crippen molar-refractivity contribution in [2.24, 2.45) is 17.6 Å². The molecule has 0 amide bonds. The molecule has 0 saturated carbocycles. The highest BCUT2D eigenvalue weighted by Crippen LogP contribution is 2.15. The maximum Gasteiger partial charge on any atom is 0.132 e. The van der Waals surface area contributed by atoms with E-state index in [0.717, 1.165) is 25.7 Å². The first-order valence-electron chi connectivity index (χ1n) is 9.19. The zero-order chi connectivity index (χ0) is 17.5. The van der Waals surface area contributed by atoms with Crippen molar-refractivity contribution in [3.63, 3.8) is 0 Å². The SMILES string of the molecule is C=C(CCCCC)C(N)CC(C)C.CCC(=O)CCC(C)C.